The molecule has 4 heavy (non-hydrogen) atoms. The largest absolute Gasteiger partial charge is 0.316 e. The molecule has 0 saturated heterocycles. The third kappa shape index (κ3) is 9.13. The van der Waals surface area contributed by atoms with Crippen molar-refractivity contribution >= 4 is 59.3 Å². The van der Waals surface area contributed by atoms with Crippen molar-refractivity contribution in [3.05, 3.63) is 0 Å². The van der Waals surface area contributed by atoms with E-state index in [1.54, 1.807) is 0 Å². The molecule has 0 aromatic carbocycles. The molecule has 0 bridgehead atoms. The Kier molecular flexibility index (Phi) is 210. The molecule has 0 radical (unpaired) electrons. The van der Waals surface area contributed by atoms with Gasteiger partial charge in [-0.15, -0.1) is 0 Å². The SMILES string of the molecule is O.[AlH3].[LiH].[MgH2]. The Morgan fingerprint density at radius 1 is 1.00 bits per heavy atom. The van der Waals surface area contributed by atoms with Crippen LogP contribution in [0.25, 0.3) is 0 Å². The van der Waals surface area contributed by atoms with Crippen molar-refractivity contribution in [3.8, 4) is 0 Å². The van der Waals surface area contributed by atoms with E-state index in [2.05, 4.69) is 0 Å². The standard InChI is InChI=1S/Al.Li.Mg.H2O.6H/h;;;1H2;;;;;;. The first kappa shape index (κ1) is 40.1. The van der Waals surface area contributed by atoms with Crippen molar-refractivity contribution in [1.82, 2.24) is 0 Å². The van der Waals surface area contributed by atoms with Crippen molar-refractivity contribution in [2.45, 2.75) is 0 Å². The predicted octanol–water partition coefficient (Wildman–Crippen LogP) is -3.57. The summed E-state index contributed by atoms with van der Waals surface area (Å²) in [6.45, 7) is 0. The summed E-state index contributed by atoms with van der Waals surface area (Å²) in [4.78, 5) is 0. The summed E-state index contributed by atoms with van der Waals surface area (Å²) < 4.78 is 0. The summed E-state index contributed by atoms with van der Waals surface area (Å²) in [6.07, 6.45) is 0. The van der Waals surface area contributed by atoms with Gasteiger partial charge >= 0.3 is 41.9 Å². The number of rotatable bonds is 0. The molecule has 2 N–H and O–H groups in total. The smallest absolute Gasteiger partial charge is 0.316 e. The molecular weight excluding hydrogens is 74.2 g/mol. The summed E-state index contributed by atoms with van der Waals surface area (Å²) in [6, 6.07) is 0. The van der Waals surface area contributed by atoms with Gasteiger partial charge in [0.25, 0.3) is 0 Å². The van der Waals surface area contributed by atoms with Crippen LogP contribution in [0.1, 0.15) is 0 Å². The Balaban J connectivity index is 0. The first-order valence-electron chi connectivity index (χ1n) is 0. The van der Waals surface area contributed by atoms with E-state index in [4.69, 9.17) is 0 Å². The predicted molar refractivity (Wildman–Crippen MR) is 29.2 cm³/mol. The Hall–Kier alpha value is 1.86. The van der Waals surface area contributed by atoms with E-state index >= 15 is 0 Å². The average molecular weight is 82.3 g/mol. The minimum absolute atomic E-state index is 0. The van der Waals surface area contributed by atoms with Crippen molar-refractivity contribution in [1.29, 1.82) is 0 Å². The van der Waals surface area contributed by atoms with E-state index in [9.17, 15) is 0 Å². The summed E-state index contributed by atoms with van der Waals surface area (Å²) in [5.41, 5.74) is 0. The maximum Gasteiger partial charge on any atom is 0.316 e. The number of hydrogen-bond donors (Lipinski definition) is 0. The van der Waals surface area contributed by atoms with Gasteiger partial charge in [0.1, 0.15) is 0 Å². The minimum atomic E-state index is 0. The molecule has 0 aromatic rings. The summed E-state index contributed by atoms with van der Waals surface area (Å²) in [5.74, 6) is 0. The maximum absolute atomic E-state index is 0. The van der Waals surface area contributed by atoms with Crippen LogP contribution in [0.5, 0.6) is 0 Å². The monoisotopic (exact) mass is 82.0 g/mol. The van der Waals surface area contributed by atoms with Crippen LogP contribution in [0.2, 0.25) is 0 Å². The van der Waals surface area contributed by atoms with Gasteiger partial charge in [0.05, 0.1) is 0 Å². The molecule has 1 nitrogen and oxygen atoms in total. The molecule has 0 aliphatic heterocycles. The Morgan fingerprint density at radius 2 is 1.00 bits per heavy atom. The van der Waals surface area contributed by atoms with E-state index in [1.165, 1.54) is 0 Å². The van der Waals surface area contributed by atoms with E-state index in [1.807, 2.05) is 0 Å². The normalized spacial score (nSPS) is 0. The molecule has 0 aromatic heterocycles. The van der Waals surface area contributed by atoms with Gasteiger partial charge in [-0.25, -0.2) is 0 Å². The van der Waals surface area contributed by atoms with Crippen LogP contribution < -0.4 is 0 Å². The fourth-order valence-electron chi connectivity index (χ4n) is 0. The van der Waals surface area contributed by atoms with Crippen LogP contribution in [-0.2, 0) is 0 Å². The van der Waals surface area contributed by atoms with Crippen molar-refractivity contribution in [3.63, 3.8) is 0 Å². The second-order valence-electron chi connectivity index (χ2n) is 0. The van der Waals surface area contributed by atoms with Crippen molar-refractivity contribution < 1.29 is 5.48 Å². The van der Waals surface area contributed by atoms with Gasteiger partial charge in [-0.1, -0.05) is 0 Å². The molecule has 0 saturated carbocycles. The Morgan fingerprint density at radius 3 is 1.00 bits per heavy atom. The molecular formula is H8AlLiMgO. The molecule has 0 heterocycles. The molecule has 0 aliphatic rings. The summed E-state index contributed by atoms with van der Waals surface area (Å²) in [5, 5.41) is 0. The Bertz CT molecular complexity index is 8.00. The van der Waals surface area contributed by atoms with E-state index < -0.39 is 0 Å². The molecule has 0 spiro atoms. The molecule has 0 aliphatic carbocycles. The Labute approximate surface area is 64.3 Å². The van der Waals surface area contributed by atoms with Gasteiger partial charge in [-0.05, 0) is 0 Å². The first-order valence-corrected chi connectivity index (χ1v) is 0. The van der Waals surface area contributed by atoms with Gasteiger partial charge < -0.3 is 5.48 Å². The molecule has 0 rings (SSSR count). The minimum Gasteiger partial charge on any atom is 0.316 e. The second-order valence-corrected chi connectivity index (χ2v) is 0. The topological polar surface area (TPSA) is 31.5 Å². The van der Waals surface area contributed by atoms with Gasteiger partial charge in [0.15, 0.2) is 17.4 Å². The summed E-state index contributed by atoms with van der Waals surface area (Å²) >= 11 is 0. The molecule has 4 heteroatoms. The van der Waals surface area contributed by atoms with Crippen LogP contribution in [0.15, 0.2) is 0 Å². The third-order valence-electron chi connectivity index (χ3n) is 0. The third-order valence-corrected chi connectivity index (χ3v) is 0. The molecule has 0 amide bonds. The molecule has 0 atom stereocenters. The van der Waals surface area contributed by atoms with Crippen molar-refractivity contribution in [2.24, 2.45) is 0 Å². The molecule has 0 unspecified atom stereocenters. The fraction of sp³-hybridized carbons (Fsp3) is 0. The average Bonchev–Trinajstić information content (AvgIpc) is 0. The van der Waals surface area contributed by atoms with Crippen LogP contribution in [-0.4, -0.2) is 64.8 Å². The zero-order chi connectivity index (χ0) is 0. The zero-order valence-electron chi connectivity index (χ0n) is 0.500. The quantitative estimate of drug-likeness (QED) is 0.271. The summed E-state index contributed by atoms with van der Waals surface area (Å²) in [7, 11) is 0. The van der Waals surface area contributed by atoms with Gasteiger partial charge in [-0.2, -0.15) is 0 Å². The first-order chi connectivity index (χ1) is 0. The van der Waals surface area contributed by atoms with Crippen LogP contribution in [0.4, 0.5) is 0 Å². The molecule has 0 fully saturated rings. The van der Waals surface area contributed by atoms with Crippen molar-refractivity contribution in [2.75, 3.05) is 0 Å². The number of hydrogen-bond acceptors (Lipinski definition) is 0. The second kappa shape index (κ2) is 21.0. The van der Waals surface area contributed by atoms with Crippen LogP contribution in [0, 0.1) is 0 Å². The van der Waals surface area contributed by atoms with E-state index in [0.29, 0.717) is 0 Å². The molecule has 20 valence electrons. The van der Waals surface area contributed by atoms with E-state index in [0.717, 1.165) is 0 Å². The van der Waals surface area contributed by atoms with Gasteiger partial charge in [0, 0.05) is 0 Å². The maximum atomic E-state index is 0. The van der Waals surface area contributed by atoms with Gasteiger partial charge in [-0.3, -0.25) is 0 Å². The zero-order valence-corrected chi connectivity index (χ0v) is 0.500. The van der Waals surface area contributed by atoms with Crippen LogP contribution in [0.3, 0.4) is 0 Å². The van der Waals surface area contributed by atoms with E-state index in [-0.39, 0.29) is 64.8 Å². The van der Waals surface area contributed by atoms with Crippen LogP contribution >= 0.6 is 0 Å². The van der Waals surface area contributed by atoms with Gasteiger partial charge in [0.2, 0.25) is 0 Å². The fourth-order valence-corrected chi connectivity index (χ4v) is 0.